The topological polar surface area (TPSA) is 59.2 Å². The first kappa shape index (κ1) is 8.26. The Bertz CT molecular complexity index is 317. The van der Waals surface area contributed by atoms with E-state index in [-0.39, 0.29) is 0 Å². The van der Waals surface area contributed by atoms with Crippen LogP contribution in [-0.4, -0.2) is 23.2 Å². The highest BCUT2D eigenvalue weighted by Crippen LogP contribution is 2.22. The second kappa shape index (κ2) is 2.85. The van der Waals surface area contributed by atoms with Crippen molar-refractivity contribution in [2.45, 2.75) is 12.0 Å². The van der Waals surface area contributed by atoms with Crippen molar-refractivity contribution in [3.05, 3.63) is 35.9 Å². The Balaban J connectivity index is 2.11. The highest BCUT2D eigenvalue weighted by atomic mass is 16.4. The average Bonchev–Trinajstić information content (AvgIpc) is 2.87. The lowest BCUT2D eigenvalue weighted by Crippen LogP contribution is -2.30. The van der Waals surface area contributed by atoms with Crippen LogP contribution >= 0.6 is 0 Å². The molecule has 1 fully saturated rings. The van der Waals surface area contributed by atoms with Gasteiger partial charge in [-0.25, -0.2) is 0 Å². The van der Waals surface area contributed by atoms with Gasteiger partial charge in [0, 0.05) is 13.0 Å². The standard InChI is InChI=1S/C10H11NO2/c12-9(13)10(7-11-10)6-8-4-2-1-3-5-8/h1-5,11H,6-7H2,(H,12,13)/t10-/m1/s1. The van der Waals surface area contributed by atoms with Crippen molar-refractivity contribution in [2.24, 2.45) is 0 Å². The molecule has 2 rings (SSSR count). The van der Waals surface area contributed by atoms with E-state index in [4.69, 9.17) is 5.11 Å². The van der Waals surface area contributed by atoms with Crippen LogP contribution in [0.15, 0.2) is 30.3 Å². The molecule has 0 amide bonds. The summed E-state index contributed by atoms with van der Waals surface area (Å²) in [6.45, 7) is 0.581. The first-order valence-electron chi connectivity index (χ1n) is 4.25. The molecule has 0 bridgehead atoms. The number of aliphatic carboxylic acids is 1. The predicted molar refractivity (Wildman–Crippen MR) is 48.5 cm³/mol. The van der Waals surface area contributed by atoms with Crippen molar-refractivity contribution < 1.29 is 9.90 Å². The van der Waals surface area contributed by atoms with Gasteiger partial charge in [0.1, 0.15) is 5.54 Å². The van der Waals surface area contributed by atoms with E-state index >= 15 is 0 Å². The fraction of sp³-hybridized carbons (Fsp3) is 0.300. The average molecular weight is 177 g/mol. The third kappa shape index (κ3) is 1.55. The molecule has 2 N–H and O–H groups in total. The molecule has 1 heterocycles. The lowest BCUT2D eigenvalue weighted by molar-refractivity contribution is -0.139. The van der Waals surface area contributed by atoms with Crippen molar-refractivity contribution >= 4 is 5.97 Å². The van der Waals surface area contributed by atoms with Gasteiger partial charge >= 0.3 is 5.97 Å². The van der Waals surface area contributed by atoms with E-state index in [0.717, 1.165) is 5.56 Å². The van der Waals surface area contributed by atoms with Crippen LogP contribution in [0.4, 0.5) is 0 Å². The van der Waals surface area contributed by atoms with Gasteiger partial charge in [-0.05, 0) is 5.56 Å². The first-order chi connectivity index (χ1) is 6.23. The molecule has 3 nitrogen and oxygen atoms in total. The molecule has 0 spiro atoms. The molecule has 0 unspecified atom stereocenters. The number of benzene rings is 1. The third-order valence-electron chi connectivity index (χ3n) is 2.36. The van der Waals surface area contributed by atoms with E-state index in [2.05, 4.69) is 5.32 Å². The fourth-order valence-corrected chi connectivity index (χ4v) is 1.40. The lowest BCUT2D eigenvalue weighted by atomic mass is 10.00. The molecule has 13 heavy (non-hydrogen) atoms. The summed E-state index contributed by atoms with van der Waals surface area (Å²) in [5, 5.41) is 11.8. The van der Waals surface area contributed by atoms with E-state index in [1.807, 2.05) is 30.3 Å². The van der Waals surface area contributed by atoms with E-state index in [1.165, 1.54) is 0 Å². The summed E-state index contributed by atoms with van der Waals surface area (Å²) < 4.78 is 0. The molecule has 68 valence electrons. The van der Waals surface area contributed by atoms with Gasteiger partial charge < -0.3 is 5.11 Å². The highest BCUT2D eigenvalue weighted by Gasteiger charge is 2.49. The Kier molecular flexibility index (Phi) is 1.81. The molecule has 3 heteroatoms. The largest absolute Gasteiger partial charge is 0.480 e. The van der Waals surface area contributed by atoms with Gasteiger partial charge in [0.15, 0.2) is 0 Å². The summed E-state index contributed by atoms with van der Waals surface area (Å²) in [6.07, 6.45) is 0.573. The lowest BCUT2D eigenvalue weighted by Gasteiger charge is -2.07. The van der Waals surface area contributed by atoms with Crippen molar-refractivity contribution in [1.29, 1.82) is 0 Å². The monoisotopic (exact) mass is 177 g/mol. The molecular formula is C10H11NO2. The molecule has 1 saturated heterocycles. The Hall–Kier alpha value is -1.35. The zero-order chi connectivity index (χ0) is 9.31. The molecule has 0 aromatic heterocycles. The van der Waals surface area contributed by atoms with Crippen LogP contribution in [0.1, 0.15) is 5.56 Å². The first-order valence-corrected chi connectivity index (χ1v) is 4.25. The van der Waals surface area contributed by atoms with Gasteiger partial charge in [-0.1, -0.05) is 30.3 Å². The van der Waals surface area contributed by atoms with E-state index in [9.17, 15) is 4.79 Å². The molecular weight excluding hydrogens is 166 g/mol. The molecule has 1 atom stereocenters. The summed E-state index contributed by atoms with van der Waals surface area (Å²) in [4.78, 5) is 10.8. The van der Waals surface area contributed by atoms with Crippen LogP contribution in [0.2, 0.25) is 0 Å². The highest BCUT2D eigenvalue weighted by molar-refractivity contribution is 5.83. The van der Waals surface area contributed by atoms with Gasteiger partial charge in [-0.15, -0.1) is 0 Å². The normalized spacial score (nSPS) is 25.5. The SMILES string of the molecule is O=C(O)[C@@]1(Cc2ccccc2)CN1. The van der Waals surface area contributed by atoms with Crippen molar-refractivity contribution in [2.75, 3.05) is 6.54 Å². The molecule has 1 aliphatic rings. The number of hydrogen-bond donors (Lipinski definition) is 2. The van der Waals surface area contributed by atoms with Gasteiger partial charge in [-0.3, -0.25) is 10.1 Å². The van der Waals surface area contributed by atoms with Gasteiger partial charge in [0.25, 0.3) is 0 Å². The van der Waals surface area contributed by atoms with Crippen molar-refractivity contribution in [3.8, 4) is 0 Å². The van der Waals surface area contributed by atoms with Crippen LogP contribution in [0.3, 0.4) is 0 Å². The summed E-state index contributed by atoms with van der Waals surface area (Å²) in [5.41, 5.74) is 0.386. The molecule has 0 aliphatic carbocycles. The van der Waals surface area contributed by atoms with Gasteiger partial charge in [-0.2, -0.15) is 0 Å². The van der Waals surface area contributed by atoms with E-state index in [1.54, 1.807) is 0 Å². The molecule has 0 radical (unpaired) electrons. The molecule has 0 saturated carbocycles. The quantitative estimate of drug-likeness (QED) is 0.666. The summed E-state index contributed by atoms with van der Waals surface area (Å²) >= 11 is 0. The van der Waals surface area contributed by atoms with Crippen LogP contribution in [0.5, 0.6) is 0 Å². The van der Waals surface area contributed by atoms with E-state index < -0.39 is 11.5 Å². The van der Waals surface area contributed by atoms with Crippen LogP contribution in [0.25, 0.3) is 0 Å². The van der Waals surface area contributed by atoms with E-state index in [0.29, 0.717) is 13.0 Å². The van der Waals surface area contributed by atoms with Crippen LogP contribution in [-0.2, 0) is 11.2 Å². The summed E-state index contributed by atoms with van der Waals surface area (Å²) in [7, 11) is 0. The Labute approximate surface area is 76.4 Å². The number of carboxylic acids is 1. The number of carbonyl (C=O) groups is 1. The van der Waals surface area contributed by atoms with Gasteiger partial charge in [0.05, 0.1) is 0 Å². The predicted octanol–water partition coefficient (Wildman–Crippen LogP) is 0.656. The summed E-state index contributed by atoms with van der Waals surface area (Å²) in [5.74, 6) is -0.753. The van der Waals surface area contributed by atoms with Crippen LogP contribution < -0.4 is 5.32 Å². The minimum Gasteiger partial charge on any atom is -0.480 e. The Morgan fingerprint density at radius 2 is 2.08 bits per heavy atom. The number of rotatable bonds is 3. The third-order valence-corrected chi connectivity index (χ3v) is 2.36. The fourth-order valence-electron chi connectivity index (χ4n) is 1.40. The van der Waals surface area contributed by atoms with Crippen LogP contribution in [0, 0.1) is 0 Å². The maximum absolute atomic E-state index is 10.8. The maximum atomic E-state index is 10.8. The van der Waals surface area contributed by atoms with Crippen molar-refractivity contribution in [3.63, 3.8) is 0 Å². The number of carboxylic acid groups (broad SMARTS) is 1. The molecule has 1 aromatic carbocycles. The van der Waals surface area contributed by atoms with Crippen molar-refractivity contribution in [1.82, 2.24) is 5.32 Å². The Morgan fingerprint density at radius 1 is 1.46 bits per heavy atom. The number of nitrogens with one attached hydrogen (secondary N) is 1. The summed E-state index contributed by atoms with van der Waals surface area (Å²) in [6, 6.07) is 9.67. The smallest absolute Gasteiger partial charge is 0.325 e. The molecule has 1 aliphatic heterocycles. The van der Waals surface area contributed by atoms with Gasteiger partial charge in [0.2, 0.25) is 0 Å². The minimum absolute atomic E-state index is 0.573. The zero-order valence-electron chi connectivity index (χ0n) is 7.16. The zero-order valence-corrected chi connectivity index (χ0v) is 7.16. The second-order valence-corrected chi connectivity index (χ2v) is 3.40. The maximum Gasteiger partial charge on any atom is 0.325 e. The second-order valence-electron chi connectivity index (χ2n) is 3.40. The Morgan fingerprint density at radius 3 is 2.54 bits per heavy atom. The molecule has 1 aromatic rings. The minimum atomic E-state index is -0.753. The number of hydrogen-bond acceptors (Lipinski definition) is 2.